The van der Waals surface area contributed by atoms with Crippen LogP contribution in [-0.2, 0) is 5.41 Å². The molecule has 1 aromatic carbocycles. The Hall–Kier alpha value is -0.900. The molecule has 0 amide bonds. The van der Waals surface area contributed by atoms with Gasteiger partial charge in [0.25, 0.3) is 0 Å². The molecule has 3 N–H and O–H groups in total. The summed E-state index contributed by atoms with van der Waals surface area (Å²) in [6.07, 6.45) is 5.06. The third-order valence-corrected chi connectivity index (χ3v) is 4.12. The molecule has 0 heterocycles. The highest BCUT2D eigenvalue weighted by Crippen LogP contribution is 2.38. The quantitative estimate of drug-likeness (QED) is 0.622. The number of hydrogen-bond donors (Lipinski definition) is 3. The van der Waals surface area contributed by atoms with Crippen molar-refractivity contribution >= 4 is 35.6 Å². The normalized spacial score (nSPS) is 13.8. The second-order valence-electron chi connectivity index (χ2n) is 4.53. The SMILES string of the molecule is N=CCCC(CC=N)(CCO)c1ccc(Cl)c(Cl)c1. The third-order valence-electron chi connectivity index (χ3n) is 3.38. The fourth-order valence-corrected chi connectivity index (χ4v) is 2.62. The Balaban J connectivity index is 3.20. The van der Waals surface area contributed by atoms with Gasteiger partial charge in [-0.15, -0.1) is 0 Å². The van der Waals surface area contributed by atoms with Crippen LogP contribution in [0.2, 0.25) is 10.0 Å². The zero-order chi connectivity index (χ0) is 14.3. The van der Waals surface area contributed by atoms with E-state index in [9.17, 15) is 5.11 Å². The average molecular weight is 301 g/mol. The number of benzene rings is 1. The molecule has 0 aliphatic carbocycles. The van der Waals surface area contributed by atoms with Gasteiger partial charge < -0.3 is 15.9 Å². The first kappa shape index (κ1) is 16.2. The number of nitrogens with one attached hydrogen (secondary N) is 2. The first-order valence-electron chi connectivity index (χ1n) is 6.14. The van der Waals surface area contributed by atoms with E-state index in [2.05, 4.69) is 0 Å². The zero-order valence-electron chi connectivity index (χ0n) is 10.6. The van der Waals surface area contributed by atoms with Crippen LogP contribution in [0.4, 0.5) is 0 Å². The molecule has 0 saturated carbocycles. The fraction of sp³-hybridized carbons (Fsp3) is 0.429. The summed E-state index contributed by atoms with van der Waals surface area (Å²) < 4.78 is 0. The molecule has 0 bridgehead atoms. The molecule has 0 aliphatic rings. The molecule has 19 heavy (non-hydrogen) atoms. The van der Waals surface area contributed by atoms with Gasteiger partial charge in [-0.1, -0.05) is 29.3 Å². The van der Waals surface area contributed by atoms with Crippen molar-refractivity contribution < 1.29 is 5.11 Å². The van der Waals surface area contributed by atoms with Gasteiger partial charge in [0, 0.05) is 12.0 Å². The first-order chi connectivity index (χ1) is 9.09. The second-order valence-corrected chi connectivity index (χ2v) is 5.35. The second kappa shape index (κ2) is 7.63. The van der Waals surface area contributed by atoms with Gasteiger partial charge in [0.15, 0.2) is 0 Å². The minimum atomic E-state index is -0.359. The summed E-state index contributed by atoms with van der Waals surface area (Å²) in [7, 11) is 0. The highest BCUT2D eigenvalue weighted by Gasteiger charge is 2.30. The number of hydrogen-bond acceptors (Lipinski definition) is 3. The Morgan fingerprint density at radius 3 is 2.37 bits per heavy atom. The van der Waals surface area contributed by atoms with Crippen molar-refractivity contribution in [1.82, 2.24) is 0 Å². The molecule has 0 aliphatic heterocycles. The monoisotopic (exact) mass is 300 g/mol. The topological polar surface area (TPSA) is 67.9 Å². The molecule has 1 rings (SSSR count). The van der Waals surface area contributed by atoms with Crippen molar-refractivity contribution in [3.05, 3.63) is 33.8 Å². The molecule has 0 fully saturated rings. The maximum absolute atomic E-state index is 9.32. The van der Waals surface area contributed by atoms with Gasteiger partial charge in [0.1, 0.15) is 0 Å². The summed E-state index contributed by atoms with van der Waals surface area (Å²) in [6, 6.07) is 5.42. The number of aliphatic hydroxyl groups excluding tert-OH is 1. The smallest absolute Gasteiger partial charge is 0.0595 e. The van der Waals surface area contributed by atoms with Crippen LogP contribution in [-0.4, -0.2) is 24.1 Å². The number of aliphatic hydroxyl groups is 1. The lowest BCUT2D eigenvalue weighted by molar-refractivity contribution is 0.233. The van der Waals surface area contributed by atoms with Gasteiger partial charge in [0.2, 0.25) is 0 Å². The summed E-state index contributed by atoms with van der Waals surface area (Å²) in [4.78, 5) is 0. The molecular formula is C14H18Cl2N2O. The minimum Gasteiger partial charge on any atom is -0.396 e. The Labute approximate surface area is 123 Å². The predicted octanol–water partition coefficient (Wildman–Crippen LogP) is 4.08. The highest BCUT2D eigenvalue weighted by atomic mass is 35.5. The van der Waals surface area contributed by atoms with Crippen LogP contribution in [0.15, 0.2) is 18.2 Å². The molecule has 0 saturated heterocycles. The van der Waals surface area contributed by atoms with Crippen LogP contribution in [0, 0.1) is 10.8 Å². The van der Waals surface area contributed by atoms with Gasteiger partial charge in [-0.3, -0.25) is 0 Å². The van der Waals surface area contributed by atoms with Gasteiger partial charge >= 0.3 is 0 Å². The van der Waals surface area contributed by atoms with E-state index in [4.69, 9.17) is 34.0 Å². The molecule has 104 valence electrons. The van der Waals surface area contributed by atoms with E-state index in [1.54, 1.807) is 12.1 Å². The Morgan fingerprint density at radius 2 is 1.84 bits per heavy atom. The van der Waals surface area contributed by atoms with E-state index in [1.165, 1.54) is 12.4 Å². The van der Waals surface area contributed by atoms with Gasteiger partial charge in [-0.2, -0.15) is 0 Å². The summed E-state index contributed by atoms with van der Waals surface area (Å²) in [6.45, 7) is 0.0338. The predicted molar refractivity (Wildman–Crippen MR) is 81.3 cm³/mol. The molecule has 5 heteroatoms. The van der Waals surface area contributed by atoms with Crippen LogP contribution in [0.25, 0.3) is 0 Å². The Morgan fingerprint density at radius 1 is 1.11 bits per heavy atom. The minimum absolute atomic E-state index is 0.0338. The largest absolute Gasteiger partial charge is 0.396 e. The van der Waals surface area contributed by atoms with Crippen molar-refractivity contribution in [2.45, 2.75) is 31.1 Å². The van der Waals surface area contributed by atoms with Gasteiger partial charge in [-0.25, -0.2) is 0 Å². The lowest BCUT2D eigenvalue weighted by atomic mass is 9.72. The van der Waals surface area contributed by atoms with E-state index in [1.807, 2.05) is 6.07 Å². The van der Waals surface area contributed by atoms with Crippen molar-refractivity contribution in [3.63, 3.8) is 0 Å². The van der Waals surface area contributed by atoms with E-state index in [0.717, 1.165) is 5.56 Å². The number of halogens is 2. The molecule has 1 unspecified atom stereocenters. The maximum atomic E-state index is 9.32. The first-order valence-corrected chi connectivity index (χ1v) is 6.89. The number of rotatable bonds is 8. The van der Waals surface area contributed by atoms with Crippen molar-refractivity contribution in [2.75, 3.05) is 6.61 Å². The van der Waals surface area contributed by atoms with E-state index in [-0.39, 0.29) is 12.0 Å². The van der Waals surface area contributed by atoms with Gasteiger partial charge in [0.05, 0.1) is 10.0 Å². The van der Waals surface area contributed by atoms with E-state index >= 15 is 0 Å². The van der Waals surface area contributed by atoms with Crippen LogP contribution >= 0.6 is 23.2 Å². The average Bonchev–Trinajstić information content (AvgIpc) is 2.39. The summed E-state index contributed by atoms with van der Waals surface area (Å²) in [5.41, 5.74) is 0.601. The molecule has 0 radical (unpaired) electrons. The van der Waals surface area contributed by atoms with Crippen LogP contribution < -0.4 is 0 Å². The highest BCUT2D eigenvalue weighted by molar-refractivity contribution is 6.42. The maximum Gasteiger partial charge on any atom is 0.0595 e. The van der Waals surface area contributed by atoms with Crippen molar-refractivity contribution in [1.29, 1.82) is 10.8 Å². The zero-order valence-corrected chi connectivity index (χ0v) is 12.1. The Kier molecular flexibility index (Phi) is 6.49. The molecule has 0 aromatic heterocycles. The van der Waals surface area contributed by atoms with Crippen LogP contribution in [0.1, 0.15) is 31.2 Å². The molecule has 1 aromatic rings. The van der Waals surface area contributed by atoms with E-state index in [0.29, 0.717) is 35.7 Å². The standard InChI is InChI=1S/C14H18Cl2N2O/c15-12-3-2-11(10-13(12)16)14(5-8-18,6-9-19)4-1-7-17/h2-3,7-8,10,17-19H,1,4-6,9H2. The van der Waals surface area contributed by atoms with E-state index < -0.39 is 0 Å². The molecular weight excluding hydrogens is 283 g/mol. The lowest BCUT2D eigenvalue weighted by Crippen LogP contribution is -2.28. The summed E-state index contributed by atoms with van der Waals surface area (Å²) in [5, 5.41) is 24.9. The third kappa shape index (κ3) is 4.03. The summed E-state index contributed by atoms with van der Waals surface area (Å²) >= 11 is 12.0. The van der Waals surface area contributed by atoms with Crippen LogP contribution in [0.3, 0.4) is 0 Å². The van der Waals surface area contributed by atoms with Crippen molar-refractivity contribution in [3.8, 4) is 0 Å². The lowest BCUT2D eigenvalue weighted by Gasteiger charge is -2.33. The molecule has 1 atom stereocenters. The van der Waals surface area contributed by atoms with Gasteiger partial charge in [-0.05, 0) is 55.8 Å². The van der Waals surface area contributed by atoms with Crippen molar-refractivity contribution in [2.24, 2.45) is 0 Å². The fourth-order valence-electron chi connectivity index (χ4n) is 2.32. The molecule has 0 spiro atoms. The molecule has 3 nitrogen and oxygen atoms in total. The summed E-state index contributed by atoms with van der Waals surface area (Å²) in [5.74, 6) is 0. The van der Waals surface area contributed by atoms with Crippen LogP contribution in [0.5, 0.6) is 0 Å². The Bertz CT molecular complexity index is 451.